The molecular formula is C16H26N2O2. The zero-order valence-corrected chi connectivity index (χ0v) is 12.3. The average molecular weight is 278 g/mol. The maximum Gasteiger partial charge on any atom is 0.0843 e. The monoisotopic (exact) mass is 278 g/mol. The van der Waals surface area contributed by atoms with Crippen molar-refractivity contribution in [2.45, 2.75) is 44.8 Å². The molecule has 0 saturated carbocycles. The number of fused-ring (bicyclic) bond motifs is 1. The summed E-state index contributed by atoms with van der Waals surface area (Å²) >= 11 is 0. The SMILES string of the molecule is CCCOCCC(CC1OCCc2ccccc21)NN. The fourth-order valence-corrected chi connectivity index (χ4v) is 2.67. The van der Waals surface area contributed by atoms with Crippen LogP contribution in [0.25, 0.3) is 0 Å². The number of hydrogen-bond acceptors (Lipinski definition) is 4. The molecule has 0 fully saturated rings. The third kappa shape index (κ3) is 4.28. The lowest BCUT2D eigenvalue weighted by molar-refractivity contribution is 0.0255. The molecule has 0 aromatic heterocycles. The molecule has 0 radical (unpaired) electrons. The zero-order chi connectivity index (χ0) is 14.2. The summed E-state index contributed by atoms with van der Waals surface area (Å²) in [6, 6.07) is 8.76. The predicted molar refractivity (Wildman–Crippen MR) is 80.3 cm³/mol. The minimum absolute atomic E-state index is 0.146. The van der Waals surface area contributed by atoms with Gasteiger partial charge in [0.15, 0.2) is 0 Å². The van der Waals surface area contributed by atoms with Crippen LogP contribution in [-0.4, -0.2) is 25.9 Å². The van der Waals surface area contributed by atoms with Gasteiger partial charge in [-0.25, -0.2) is 0 Å². The molecule has 1 aromatic carbocycles. The van der Waals surface area contributed by atoms with Crippen LogP contribution in [0.15, 0.2) is 24.3 Å². The molecule has 0 amide bonds. The van der Waals surface area contributed by atoms with E-state index < -0.39 is 0 Å². The molecule has 2 rings (SSSR count). The fourth-order valence-electron chi connectivity index (χ4n) is 2.67. The van der Waals surface area contributed by atoms with Crippen LogP contribution in [0.3, 0.4) is 0 Å². The van der Waals surface area contributed by atoms with Gasteiger partial charge < -0.3 is 9.47 Å². The Labute approximate surface area is 121 Å². The highest BCUT2D eigenvalue weighted by molar-refractivity contribution is 5.30. The molecule has 112 valence electrons. The summed E-state index contributed by atoms with van der Waals surface area (Å²) in [6.07, 6.45) is 4.01. The first kappa shape index (κ1) is 15.4. The Hall–Kier alpha value is -0.940. The van der Waals surface area contributed by atoms with Crippen molar-refractivity contribution in [3.63, 3.8) is 0 Å². The van der Waals surface area contributed by atoms with Gasteiger partial charge in [-0.05, 0) is 36.8 Å². The molecule has 2 unspecified atom stereocenters. The van der Waals surface area contributed by atoms with Gasteiger partial charge in [0.2, 0.25) is 0 Å². The molecule has 1 aliphatic heterocycles. The van der Waals surface area contributed by atoms with Crippen LogP contribution < -0.4 is 11.3 Å². The smallest absolute Gasteiger partial charge is 0.0843 e. The van der Waals surface area contributed by atoms with E-state index in [1.54, 1.807) is 0 Å². The van der Waals surface area contributed by atoms with Gasteiger partial charge in [-0.2, -0.15) is 0 Å². The van der Waals surface area contributed by atoms with E-state index >= 15 is 0 Å². The van der Waals surface area contributed by atoms with E-state index in [1.807, 2.05) is 0 Å². The van der Waals surface area contributed by atoms with Gasteiger partial charge in [0.05, 0.1) is 12.7 Å². The van der Waals surface area contributed by atoms with Crippen molar-refractivity contribution in [3.05, 3.63) is 35.4 Å². The third-order valence-corrected chi connectivity index (χ3v) is 3.79. The fraction of sp³-hybridized carbons (Fsp3) is 0.625. The number of hydrazine groups is 1. The van der Waals surface area contributed by atoms with Crippen molar-refractivity contribution in [1.82, 2.24) is 5.43 Å². The number of nitrogens with one attached hydrogen (secondary N) is 1. The van der Waals surface area contributed by atoms with E-state index in [0.717, 1.165) is 45.5 Å². The normalized spacial score (nSPS) is 19.6. The third-order valence-electron chi connectivity index (χ3n) is 3.79. The molecule has 0 spiro atoms. The maximum atomic E-state index is 5.93. The van der Waals surface area contributed by atoms with E-state index in [0.29, 0.717) is 0 Å². The van der Waals surface area contributed by atoms with Crippen LogP contribution in [0.1, 0.15) is 43.4 Å². The Morgan fingerprint density at radius 3 is 3.05 bits per heavy atom. The van der Waals surface area contributed by atoms with Crippen molar-refractivity contribution in [2.24, 2.45) is 5.84 Å². The highest BCUT2D eigenvalue weighted by Crippen LogP contribution is 2.30. The Balaban J connectivity index is 1.88. The lowest BCUT2D eigenvalue weighted by atomic mass is 9.93. The molecule has 4 heteroatoms. The number of hydrogen-bond donors (Lipinski definition) is 2. The van der Waals surface area contributed by atoms with E-state index in [9.17, 15) is 0 Å². The van der Waals surface area contributed by atoms with E-state index in [2.05, 4.69) is 36.6 Å². The second-order valence-corrected chi connectivity index (χ2v) is 5.31. The molecule has 1 heterocycles. The molecule has 1 aromatic rings. The topological polar surface area (TPSA) is 56.5 Å². The lowest BCUT2D eigenvalue weighted by Gasteiger charge is -2.29. The number of nitrogens with two attached hydrogens (primary N) is 1. The Bertz CT molecular complexity index is 398. The summed E-state index contributed by atoms with van der Waals surface area (Å²) in [7, 11) is 0. The summed E-state index contributed by atoms with van der Waals surface area (Å²) in [5.74, 6) is 5.66. The van der Waals surface area contributed by atoms with Crippen LogP contribution in [0.2, 0.25) is 0 Å². The number of rotatable bonds is 8. The largest absolute Gasteiger partial charge is 0.381 e. The van der Waals surface area contributed by atoms with Crippen LogP contribution in [0, 0.1) is 0 Å². The van der Waals surface area contributed by atoms with Crippen molar-refractivity contribution in [1.29, 1.82) is 0 Å². The standard InChI is InChI=1S/C16H26N2O2/c1-2-9-19-10-8-14(18-17)12-16-15-6-4-3-5-13(15)7-11-20-16/h3-6,14,16,18H,2,7-12,17H2,1H3. The summed E-state index contributed by atoms with van der Waals surface area (Å²) in [6.45, 7) is 4.48. The van der Waals surface area contributed by atoms with Gasteiger partial charge in [0, 0.05) is 19.3 Å². The molecular weight excluding hydrogens is 252 g/mol. The predicted octanol–water partition coefficient (Wildman–Crippen LogP) is 2.34. The number of benzene rings is 1. The highest BCUT2D eigenvalue weighted by Gasteiger charge is 2.23. The molecule has 3 N–H and O–H groups in total. The summed E-state index contributed by atoms with van der Waals surface area (Å²) in [5.41, 5.74) is 5.61. The lowest BCUT2D eigenvalue weighted by Crippen LogP contribution is -2.38. The average Bonchev–Trinajstić information content (AvgIpc) is 2.50. The second kappa shape index (κ2) is 8.37. The van der Waals surface area contributed by atoms with E-state index in [-0.39, 0.29) is 12.1 Å². The van der Waals surface area contributed by atoms with Crippen LogP contribution in [-0.2, 0) is 15.9 Å². The van der Waals surface area contributed by atoms with Crippen LogP contribution >= 0.6 is 0 Å². The van der Waals surface area contributed by atoms with E-state index in [4.69, 9.17) is 15.3 Å². The van der Waals surface area contributed by atoms with Gasteiger partial charge in [0.1, 0.15) is 0 Å². The quantitative estimate of drug-likeness (QED) is 0.435. The molecule has 20 heavy (non-hydrogen) atoms. The number of ether oxygens (including phenoxy) is 2. The van der Waals surface area contributed by atoms with Crippen molar-refractivity contribution >= 4 is 0 Å². The van der Waals surface area contributed by atoms with Gasteiger partial charge in [-0.15, -0.1) is 0 Å². The zero-order valence-electron chi connectivity index (χ0n) is 12.3. The van der Waals surface area contributed by atoms with Crippen LogP contribution in [0.5, 0.6) is 0 Å². The van der Waals surface area contributed by atoms with Crippen molar-refractivity contribution in [2.75, 3.05) is 19.8 Å². The van der Waals surface area contributed by atoms with Crippen molar-refractivity contribution in [3.8, 4) is 0 Å². The van der Waals surface area contributed by atoms with Crippen molar-refractivity contribution < 1.29 is 9.47 Å². The maximum absolute atomic E-state index is 5.93. The summed E-state index contributed by atoms with van der Waals surface area (Å²) in [4.78, 5) is 0. The minimum atomic E-state index is 0.146. The van der Waals surface area contributed by atoms with Gasteiger partial charge in [0.25, 0.3) is 0 Å². The minimum Gasteiger partial charge on any atom is -0.381 e. The first-order chi connectivity index (χ1) is 9.85. The molecule has 0 bridgehead atoms. The first-order valence-electron chi connectivity index (χ1n) is 7.58. The summed E-state index contributed by atoms with van der Waals surface area (Å²) in [5, 5.41) is 0. The Kier molecular flexibility index (Phi) is 6.47. The highest BCUT2D eigenvalue weighted by atomic mass is 16.5. The Morgan fingerprint density at radius 2 is 2.25 bits per heavy atom. The Morgan fingerprint density at radius 1 is 1.40 bits per heavy atom. The van der Waals surface area contributed by atoms with E-state index in [1.165, 1.54) is 11.1 Å². The molecule has 0 saturated heterocycles. The molecule has 4 nitrogen and oxygen atoms in total. The molecule has 1 aliphatic rings. The van der Waals surface area contributed by atoms with Gasteiger partial charge in [-0.3, -0.25) is 11.3 Å². The molecule has 2 atom stereocenters. The van der Waals surface area contributed by atoms with Gasteiger partial charge >= 0.3 is 0 Å². The second-order valence-electron chi connectivity index (χ2n) is 5.31. The molecule has 0 aliphatic carbocycles. The van der Waals surface area contributed by atoms with Gasteiger partial charge in [-0.1, -0.05) is 31.2 Å². The van der Waals surface area contributed by atoms with Crippen LogP contribution in [0.4, 0.5) is 0 Å². The summed E-state index contributed by atoms with van der Waals surface area (Å²) < 4.78 is 11.5. The first-order valence-corrected chi connectivity index (χ1v) is 7.58.